The number of nitrogens with zero attached hydrogens (tertiary/aromatic N) is 1. The number of amides is 1. The van der Waals surface area contributed by atoms with Crippen molar-refractivity contribution in [1.29, 1.82) is 0 Å². The quantitative estimate of drug-likeness (QED) is 0.456. The summed E-state index contributed by atoms with van der Waals surface area (Å²) in [5, 5.41) is 2.48. The summed E-state index contributed by atoms with van der Waals surface area (Å²) in [7, 11) is 0. The Morgan fingerprint density at radius 2 is 2.31 bits per heavy atom. The summed E-state index contributed by atoms with van der Waals surface area (Å²) < 4.78 is 2.29. The van der Waals surface area contributed by atoms with Crippen molar-refractivity contribution in [1.82, 2.24) is 9.99 Å². The van der Waals surface area contributed by atoms with Crippen molar-refractivity contribution >= 4 is 27.3 Å². The number of pyridine rings is 1. The molecule has 0 saturated heterocycles. The fourth-order valence-electron chi connectivity index (χ4n) is 1.53. The predicted molar refractivity (Wildman–Crippen MR) is 63.1 cm³/mol. The number of carbonyl (C=O) groups excluding carboxylic acids is 1. The molecule has 0 fully saturated rings. The third-order valence-electron chi connectivity index (χ3n) is 2.49. The van der Waals surface area contributed by atoms with E-state index in [1.165, 1.54) is 15.9 Å². The minimum Gasteiger partial charge on any atom is -0.303 e. The maximum Gasteiger partial charge on any atom is 0.260 e. The molecule has 1 amide bonds. The van der Waals surface area contributed by atoms with Gasteiger partial charge in [0.05, 0.1) is 5.39 Å². The maximum atomic E-state index is 12.0. The van der Waals surface area contributed by atoms with E-state index in [-0.39, 0.29) is 5.56 Å². The Labute approximate surface area is 95.5 Å². The number of hydrazine groups is 1. The van der Waals surface area contributed by atoms with Crippen molar-refractivity contribution in [3.63, 3.8) is 0 Å². The van der Waals surface area contributed by atoms with Gasteiger partial charge in [-0.25, -0.2) is 5.84 Å². The SMILES string of the molecule is CC(C(=O)NN)n1ccc2sccc2c1=O. The number of fused-ring (bicyclic) bond motifs is 1. The van der Waals surface area contributed by atoms with Crippen molar-refractivity contribution in [2.45, 2.75) is 13.0 Å². The van der Waals surface area contributed by atoms with Gasteiger partial charge < -0.3 is 4.57 Å². The molecule has 84 valence electrons. The standard InChI is InChI=1S/C10H11N3O2S/c1-6(9(14)12-11)13-4-2-8-7(10(13)15)3-5-16-8/h2-6H,11H2,1H3,(H,12,14). The van der Waals surface area contributed by atoms with Crippen LogP contribution in [0.1, 0.15) is 13.0 Å². The highest BCUT2D eigenvalue weighted by Crippen LogP contribution is 2.17. The van der Waals surface area contributed by atoms with E-state index in [9.17, 15) is 9.59 Å². The van der Waals surface area contributed by atoms with Gasteiger partial charge in [-0.2, -0.15) is 0 Å². The molecule has 5 nitrogen and oxygen atoms in total. The molecule has 0 bridgehead atoms. The van der Waals surface area contributed by atoms with Gasteiger partial charge in [0.25, 0.3) is 11.5 Å². The number of carbonyl (C=O) groups is 1. The van der Waals surface area contributed by atoms with E-state index in [0.717, 1.165) is 4.70 Å². The zero-order valence-corrected chi connectivity index (χ0v) is 9.45. The van der Waals surface area contributed by atoms with Crippen molar-refractivity contribution < 1.29 is 4.79 Å². The molecule has 2 rings (SSSR count). The molecule has 0 aliphatic heterocycles. The predicted octanol–water partition coefficient (Wildman–Crippen LogP) is 0.614. The molecule has 0 radical (unpaired) electrons. The summed E-state index contributed by atoms with van der Waals surface area (Å²) in [4.78, 5) is 23.3. The molecule has 3 N–H and O–H groups in total. The minimum absolute atomic E-state index is 0.171. The van der Waals surface area contributed by atoms with Crippen LogP contribution in [0.2, 0.25) is 0 Å². The largest absolute Gasteiger partial charge is 0.303 e. The summed E-state index contributed by atoms with van der Waals surface area (Å²) in [5.74, 6) is 4.65. The number of aromatic nitrogens is 1. The van der Waals surface area contributed by atoms with Crippen molar-refractivity contribution in [2.24, 2.45) is 5.84 Å². The van der Waals surface area contributed by atoms with Crippen LogP contribution in [0.15, 0.2) is 28.5 Å². The molecule has 1 unspecified atom stereocenters. The van der Waals surface area contributed by atoms with Crippen molar-refractivity contribution in [3.05, 3.63) is 34.1 Å². The molecule has 16 heavy (non-hydrogen) atoms. The molecule has 0 saturated carbocycles. The fraction of sp³-hybridized carbons (Fsp3) is 0.200. The number of thiophene rings is 1. The molecular formula is C10H11N3O2S. The molecule has 0 spiro atoms. The van der Waals surface area contributed by atoms with E-state index in [4.69, 9.17) is 5.84 Å². The van der Waals surface area contributed by atoms with Gasteiger partial charge in [0.2, 0.25) is 0 Å². The minimum atomic E-state index is -0.609. The highest BCUT2D eigenvalue weighted by atomic mass is 32.1. The molecule has 2 aromatic heterocycles. The van der Waals surface area contributed by atoms with E-state index in [1.807, 2.05) is 16.9 Å². The second-order valence-electron chi connectivity index (χ2n) is 3.41. The van der Waals surface area contributed by atoms with Gasteiger partial charge in [-0.3, -0.25) is 15.0 Å². The lowest BCUT2D eigenvalue weighted by Crippen LogP contribution is -2.39. The number of rotatable bonds is 2. The van der Waals surface area contributed by atoms with Gasteiger partial charge in [-0.1, -0.05) is 0 Å². The van der Waals surface area contributed by atoms with Crippen LogP contribution in [0, 0.1) is 0 Å². The summed E-state index contributed by atoms with van der Waals surface area (Å²) in [6, 6.07) is 2.97. The fourth-order valence-corrected chi connectivity index (χ4v) is 2.31. The topological polar surface area (TPSA) is 77.1 Å². The van der Waals surface area contributed by atoms with Gasteiger partial charge in [-0.05, 0) is 24.4 Å². The summed E-state index contributed by atoms with van der Waals surface area (Å²) in [6.45, 7) is 1.63. The Morgan fingerprint density at radius 3 is 3.00 bits per heavy atom. The number of nitrogens with two attached hydrogens (primary N) is 1. The maximum absolute atomic E-state index is 12.0. The zero-order chi connectivity index (χ0) is 11.7. The van der Waals surface area contributed by atoms with E-state index in [2.05, 4.69) is 0 Å². The van der Waals surface area contributed by atoms with E-state index >= 15 is 0 Å². The lowest BCUT2D eigenvalue weighted by atomic mass is 10.2. The second-order valence-corrected chi connectivity index (χ2v) is 4.36. The van der Waals surface area contributed by atoms with Gasteiger partial charge >= 0.3 is 0 Å². The van der Waals surface area contributed by atoms with Crippen molar-refractivity contribution in [2.75, 3.05) is 0 Å². The van der Waals surface area contributed by atoms with Crippen molar-refractivity contribution in [3.8, 4) is 0 Å². The van der Waals surface area contributed by atoms with Gasteiger partial charge in [0, 0.05) is 10.9 Å². The first-order valence-electron chi connectivity index (χ1n) is 4.74. The monoisotopic (exact) mass is 237 g/mol. The van der Waals surface area contributed by atoms with Crippen LogP contribution in [-0.2, 0) is 4.79 Å². The zero-order valence-electron chi connectivity index (χ0n) is 8.64. The first kappa shape index (κ1) is 10.8. The highest BCUT2D eigenvalue weighted by Gasteiger charge is 2.15. The molecule has 0 aliphatic carbocycles. The Bertz CT molecular complexity index is 587. The molecule has 6 heteroatoms. The van der Waals surface area contributed by atoms with Crippen LogP contribution >= 0.6 is 11.3 Å². The van der Waals surface area contributed by atoms with Crippen LogP contribution in [0.5, 0.6) is 0 Å². The summed E-state index contributed by atoms with van der Waals surface area (Å²) >= 11 is 1.50. The molecular weight excluding hydrogens is 226 g/mol. The van der Waals surface area contributed by atoms with E-state index in [1.54, 1.807) is 19.2 Å². The smallest absolute Gasteiger partial charge is 0.260 e. The lowest BCUT2D eigenvalue weighted by molar-refractivity contribution is -0.124. The molecule has 2 aromatic rings. The number of hydrogen-bond acceptors (Lipinski definition) is 4. The average molecular weight is 237 g/mol. The van der Waals surface area contributed by atoms with Crippen LogP contribution in [0.25, 0.3) is 10.1 Å². The molecule has 0 aromatic carbocycles. The Kier molecular flexibility index (Phi) is 2.76. The normalized spacial score (nSPS) is 12.6. The second kappa shape index (κ2) is 4.07. The highest BCUT2D eigenvalue weighted by molar-refractivity contribution is 7.17. The third kappa shape index (κ3) is 1.62. The summed E-state index contributed by atoms with van der Waals surface area (Å²) in [5.41, 5.74) is 1.86. The van der Waals surface area contributed by atoms with Crippen LogP contribution in [0.3, 0.4) is 0 Å². The van der Waals surface area contributed by atoms with Crippen LogP contribution in [-0.4, -0.2) is 10.5 Å². The Balaban J connectivity index is 2.57. The summed E-state index contributed by atoms with van der Waals surface area (Å²) in [6.07, 6.45) is 1.61. The van der Waals surface area contributed by atoms with Gasteiger partial charge in [-0.15, -0.1) is 11.3 Å². The molecule has 0 aliphatic rings. The van der Waals surface area contributed by atoms with E-state index in [0.29, 0.717) is 5.39 Å². The van der Waals surface area contributed by atoms with E-state index < -0.39 is 11.9 Å². The first-order valence-corrected chi connectivity index (χ1v) is 5.62. The average Bonchev–Trinajstić information content (AvgIpc) is 2.76. The number of hydrogen-bond donors (Lipinski definition) is 2. The molecule has 2 heterocycles. The lowest BCUT2D eigenvalue weighted by Gasteiger charge is -2.12. The van der Waals surface area contributed by atoms with Gasteiger partial charge in [0.1, 0.15) is 6.04 Å². The third-order valence-corrected chi connectivity index (χ3v) is 3.37. The number of nitrogens with one attached hydrogen (secondary N) is 1. The van der Waals surface area contributed by atoms with Crippen LogP contribution < -0.4 is 16.8 Å². The van der Waals surface area contributed by atoms with Crippen LogP contribution in [0.4, 0.5) is 0 Å². The Morgan fingerprint density at radius 1 is 1.56 bits per heavy atom. The molecule has 1 atom stereocenters. The van der Waals surface area contributed by atoms with Gasteiger partial charge in [0.15, 0.2) is 0 Å². The first-order chi connectivity index (χ1) is 7.65. The Hall–Kier alpha value is -1.66.